The standard InChI is InChI=1S/C15H15N3/c1-12-9-10-18-15(11-12)16-14(17-18)8-7-13-5-3-2-4-6-13/h2-6,9-11H,7-8H2,1H3. The van der Waals surface area contributed by atoms with Crippen molar-refractivity contribution in [2.75, 3.05) is 0 Å². The fraction of sp³-hybridized carbons (Fsp3) is 0.200. The summed E-state index contributed by atoms with van der Waals surface area (Å²) in [5.74, 6) is 0.907. The van der Waals surface area contributed by atoms with Crippen LogP contribution in [0.15, 0.2) is 48.7 Å². The Morgan fingerprint density at radius 1 is 1.06 bits per heavy atom. The Hall–Kier alpha value is -2.16. The molecule has 18 heavy (non-hydrogen) atoms. The van der Waals surface area contributed by atoms with Gasteiger partial charge < -0.3 is 0 Å². The van der Waals surface area contributed by atoms with Crippen molar-refractivity contribution in [1.29, 1.82) is 0 Å². The molecule has 2 heterocycles. The minimum atomic E-state index is 0.880. The average Bonchev–Trinajstić information content (AvgIpc) is 2.79. The molecule has 0 saturated carbocycles. The number of aryl methyl sites for hydroxylation is 3. The first-order valence-corrected chi connectivity index (χ1v) is 6.17. The molecule has 3 heteroatoms. The average molecular weight is 237 g/mol. The summed E-state index contributed by atoms with van der Waals surface area (Å²) in [7, 11) is 0. The molecular formula is C15H15N3. The highest BCUT2D eigenvalue weighted by atomic mass is 15.3. The topological polar surface area (TPSA) is 30.2 Å². The second-order valence-electron chi connectivity index (χ2n) is 4.52. The Bertz CT molecular complexity index is 656. The van der Waals surface area contributed by atoms with E-state index >= 15 is 0 Å². The summed E-state index contributed by atoms with van der Waals surface area (Å²) < 4.78 is 1.84. The van der Waals surface area contributed by atoms with E-state index in [0.29, 0.717) is 0 Å². The lowest BCUT2D eigenvalue weighted by Crippen LogP contribution is -1.94. The van der Waals surface area contributed by atoms with E-state index in [-0.39, 0.29) is 0 Å². The third-order valence-electron chi connectivity index (χ3n) is 3.02. The van der Waals surface area contributed by atoms with Crippen molar-refractivity contribution in [2.45, 2.75) is 19.8 Å². The molecular weight excluding hydrogens is 222 g/mol. The van der Waals surface area contributed by atoms with E-state index in [9.17, 15) is 0 Å². The van der Waals surface area contributed by atoms with Gasteiger partial charge in [-0.15, -0.1) is 0 Å². The van der Waals surface area contributed by atoms with Gasteiger partial charge in [0.15, 0.2) is 11.5 Å². The Morgan fingerprint density at radius 3 is 2.72 bits per heavy atom. The summed E-state index contributed by atoms with van der Waals surface area (Å²) in [4.78, 5) is 4.54. The second-order valence-corrected chi connectivity index (χ2v) is 4.52. The maximum absolute atomic E-state index is 4.54. The summed E-state index contributed by atoms with van der Waals surface area (Å²) in [6, 6.07) is 14.5. The first-order valence-electron chi connectivity index (χ1n) is 6.17. The van der Waals surface area contributed by atoms with Crippen molar-refractivity contribution in [3.8, 4) is 0 Å². The number of aromatic nitrogens is 3. The van der Waals surface area contributed by atoms with Crippen LogP contribution in [0.4, 0.5) is 0 Å². The molecule has 0 aliphatic rings. The predicted octanol–water partition coefficient (Wildman–Crippen LogP) is 2.82. The molecule has 0 atom stereocenters. The number of hydrogen-bond acceptors (Lipinski definition) is 2. The molecule has 90 valence electrons. The number of rotatable bonds is 3. The third-order valence-corrected chi connectivity index (χ3v) is 3.02. The fourth-order valence-electron chi connectivity index (χ4n) is 2.04. The summed E-state index contributed by atoms with van der Waals surface area (Å²) in [5.41, 5.74) is 3.47. The van der Waals surface area contributed by atoms with E-state index in [1.54, 1.807) is 0 Å². The summed E-state index contributed by atoms with van der Waals surface area (Å²) in [6.45, 7) is 2.07. The molecule has 0 saturated heterocycles. The lowest BCUT2D eigenvalue weighted by atomic mass is 10.1. The molecule has 0 fully saturated rings. The van der Waals surface area contributed by atoms with Crippen LogP contribution in [-0.2, 0) is 12.8 Å². The Balaban J connectivity index is 1.79. The molecule has 0 N–H and O–H groups in total. The third kappa shape index (κ3) is 2.25. The summed E-state index contributed by atoms with van der Waals surface area (Å²) >= 11 is 0. The van der Waals surface area contributed by atoms with Crippen LogP contribution in [-0.4, -0.2) is 14.6 Å². The lowest BCUT2D eigenvalue weighted by Gasteiger charge is -1.96. The lowest BCUT2D eigenvalue weighted by molar-refractivity contribution is 0.836. The molecule has 0 amide bonds. The second kappa shape index (κ2) is 4.61. The van der Waals surface area contributed by atoms with E-state index < -0.39 is 0 Å². The molecule has 3 rings (SSSR count). The van der Waals surface area contributed by atoms with Gasteiger partial charge >= 0.3 is 0 Å². The highest BCUT2D eigenvalue weighted by molar-refractivity contribution is 5.40. The zero-order valence-corrected chi connectivity index (χ0v) is 10.4. The maximum atomic E-state index is 4.54. The number of hydrogen-bond donors (Lipinski definition) is 0. The van der Waals surface area contributed by atoms with Crippen LogP contribution >= 0.6 is 0 Å². The van der Waals surface area contributed by atoms with Crippen molar-refractivity contribution < 1.29 is 0 Å². The monoisotopic (exact) mass is 237 g/mol. The fourth-order valence-corrected chi connectivity index (χ4v) is 2.04. The van der Waals surface area contributed by atoms with Gasteiger partial charge in [0.1, 0.15) is 0 Å². The van der Waals surface area contributed by atoms with Crippen LogP contribution in [0.5, 0.6) is 0 Å². The first-order chi connectivity index (χ1) is 8.81. The molecule has 1 aromatic carbocycles. The molecule has 2 aromatic heterocycles. The van der Waals surface area contributed by atoms with Gasteiger partial charge in [-0.3, -0.25) is 0 Å². The van der Waals surface area contributed by atoms with Gasteiger partial charge in [0.2, 0.25) is 0 Å². The molecule has 0 spiro atoms. The predicted molar refractivity (Wildman–Crippen MR) is 71.6 cm³/mol. The van der Waals surface area contributed by atoms with Gasteiger partial charge in [0.05, 0.1) is 0 Å². The van der Waals surface area contributed by atoms with Gasteiger partial charge in [-0.25, -0.2) is 9.50 Å². The zero-order valence-electron chi connectivity index (χ0n) is 10.4. The van der Waals surface area contributed by atoms with Gasteiger partial charge in [-0.2, -0.15) is 5.10 Å². The number of benzene rings is 1. The number of fused-ring (bicyclic) bond motifs is 1. The minimum absolute atomic E-state index is 0.880. The Labute approximate surface area is 106 Å². The van der Waals surface area contributed by atoms with Crippen LogP contribution in [0.3, 0.4) is 0 Å². The van der Waals surface area contributed by atoms with Crippen LogP contribution in [0.1, 0.15) is 17.0 Å². The smallest absolute Gasteiger partial charge is 0.155 e. The van der Waals surface area contributed by atoms with Crippen LogP contribution in [0.2, 0.25) is 0 Å². The molecule has 3 aromatic rings. The maximum Gasteiger partial charge on any atom is 0.155 e. The van der Waals surface area contributed by atoms with Gasteiger partial charge in [0, 0.05) is 12.6 Å². The van der Waals surface area contributed by atoms with E-state index in [1.165, 1.54) is 11.1 Å². The van der Waals surface area contributed by atoms with Crippen LogP contribution in [0.25, 0.3) is 5.65 Å². The Kier molecular flexibility index (Phi) is 2.81. The largest absolute Gasteiger partial charge is 0.221 e. The van der Waals surface area contributed by atoms with Crippen molar-refractivity contribution >= 4 is 5.65 Å². The van der Waals surface area contributed by atoms with E-state index in [0.717, 1.165) is 24.3 Å². The van der Waals surface area contributed by atoms with E-state index in [4.69, 9.17) is 0 Å². The molecule has 0 aliphatic carbocycles. The number of pyridine rings is 1. The van der Waals surface area contributed by atoms with Crippen molar-refractivity contribution in [3.05, 3.63) is 65.6 Å². The summed E-state index contributed by atoms with van der Waals surface area (Å²) in [6.07, 6.45) is 3.82. The van der Waals surface area contributed by atoms with Gasteiger partial charge in [0.25, 0.3) is 0 Å². The van der Waals surface area contributed by atoms with Crippen molar-refractivity contribution in [2.24, 2.45) is 0 Å². The van der Waals surface area contributed by atoms with Crippen molar-refractivity contribution in [3.63, 3.8) is 0 Å². The first kappa shape index (κ1) is 11.0. The number of nitrogens with zero attached hydrogens (tertiary/aromatic N) is 3. The van der Waals surface area contributed by atoms with Crippen LogP contribution < -0.4 is 0 Å². The SMILES string of the molecule is Cc1ccn2nc(CCc3ccccc3)nc2c1. The summed E-state index contributed by atoms with van der Waals surface area (Å²) in [5, 5.41) is 4.47. The van der Waals surface area contributed by atoms with Gasteiger partial charge in [-0.1, -0.05) is 30.3 Å². The quantitative estimate of drug-likeness (QED) is 0.701. The van der Waals surface area contributed by atoms with Crippen LogP contribution in [0, 0.1) is 6.92 Å². The highest BCUT2D eigenvalue weighted by Gasteiger charge is 2.03. The normalized spacial score (nSPS) is 10.9. The molecule has 0 aliphatic heterocycles. The zero-order chi connectivity index (χ0) is 12.4. The Morgan fingerprint density at radius 2 is 1.89 bits per heavy atom. The molecule has 0 radical (unpaired) electrons. The van der Waals surface area contributed by atoms with E-state index in [1.807, 2.05) is 22.8 Å². The van der Waals surface area contributed by atoms with Gasteiger partial charge in [-0.05, 0) is 36.6 Å². The molecule has 0 bridgehead atoms. The van der Waals surface area contributed by atoms with E-state index in [2.05, 4.69) is 47.3 Å². The van der Waals surface area contributed by atoms with Crippen molar-refractivity contribution in [1.82, 2.24) is 14.6 Å². The molecule has 3 nitrogen and oxygen atoms in total. The highest BCUT2D eigenvalue weighted by Crippen LogP contribution is 2.07. The molecule has 0 unspecified atom stereocenters. The minimum Gasteiger partial charge on any atom is -0.221 e.